The van der Waals surface area contributed by atoms with Crippen molar-refractivity contribution in [2.75, 3.05) is 19.8 Å². The van der Waals surface area contributed by atoms with Gasteiger partial charge in [-0.15, -0.1) is 0 Å². The van der Waals surface area contributed by atoms with Crippen molar-refractivity contribution in [2.45, 2.75) is 45.1 Å². The number of rotatable bonds is 10. The summed E-state index contributed by atoms with van der Waals surface area (Å²) < 4.78 is 8.41. The second kappa shape index (κ2) is 10.9. The van der Waals surface area contributed by atoms with Crippen molar-refractivity contribution in [2.24, 2.45) is 11.8 Å². The van der Waals surface area contributed by atoms with Crippen molar-refractivity contribution in [3.63, 3.8) is 0 Å². The van der Waals surface area contributed by atoms with Gasteiger partial charge < -0.3 is 14.9 Å². The number of hydrogen-bond acceptors (Lipinski definition) is 4. The number of carboxylic acids is 1. The highest BCUT2D eigenvalue weighted by Gasteiger charge is 2.24. The molecule has 2 N–H and O–H groups in total. The van der Waals surface area contributed by atoms with Crippen LogP contribution < -0.4 is 0 Å². The Kier molecular flexibility index (Phi) is 8.27. The van der Waals surface area contributed by atoms with Gasteiger partial charge in [-0.3, -0.25) is 4.68 Å². The predicted octanol–water partition coefficient (Wildman–Crippen LogP) is 4.15. The van der Waals surface area contributed by atoms with Crippen LogP contribution in [0.3, 0.4) is 0 Å². The number of benzene rings is 1. The average Bonchev–Trinajstić information content (AvgIpc) is 3.03. The maximum atomic E-state index is 10.6. The monoisotopic (exact) mass is 464 g/mol. The molecule has 0 saturated heterocycles. The molecule has 2 aromatic rings. The summed E-state index contributed by atoms with van der Waals surface area (Å²) in [5.41, 5.74) is 3.18. The molecule has 29 heavy (non-hydrogen) atoms. The molecule has 0 spiro atoms. The molecule has 0 bridgehead atoms. The highest BCUT2D eigenvalue weighted by Crippen LogP contribution is 2.34. The number of carboxylic acid groups (broad SMARTS) is 1. The third kappa shape index (κ3) is 6.14. The Morgan fingerprint density at radius 2 is 1.86 bits per heavy atom. The number of ether oxygens (including phenoxy) is 1. The lowest BCUT2D eigenvalue weighted by atomic mass is 9.82. The van der Waals surface area contributed by atoms with E-state index in [1.807, 2.05) is 18.2 Å². The van der Waals surface area contributed by atoms with E-state index in [-0.39, 0.29) is 13.2 Å². The van der Waals surface area contributed by atoms with E-state index in [1.165, 1.54) is 0 Å². The molecule has 0 unspecified atom stereocenters. The first-order chi connectivity index (χ1) is 14.1. The van der Waals surface area contributed by atoms with Gasteiger partial charge in [-0.05, 0) is 66.3 Å². The maximum Gasteiger partial charge on any atom is 0.329 e. The van der Waals surface area contributed by atoms with Crippen LogP contribution in [0.5, 0.6) is 0 Å². The van der Waals surface area contributed by atoms with E-state index in [2.05, 4.69) is 32.7 Å². The molecule has 3 rings (SSSR count). The summed E-state index contributed by atoms with van der Waals surface area (Å²) in [6.07, 6.45) is 5.81. The SMILES string of the molecule is O=C(O)COC[C@H]1CC[C@H](Cn2nc(-c3ccccc3)c(Br)c2CCCO)CC1. The Morgan fingerprint density at radius 1 is 1.17 bits per heavy atom. The molecule has 1 heterocycles. The molecule has 1 aliphatic rings. The van der Waals surface area contributed by atoms with Crippen LogP contribution in [0.1, 0.15) is 37.8 Å². The quantitative estimate of drug-likeness (QED) is 0.551. The van der Waals surface area contributed by atoms with Gasteiger partial charge in [-0.25, -0.2) is 4.79 Å². The molecule has 0 atom stereocenters. The number of aromatic nitrogens is 2. The molecule has 1 aromatic heterocycles. The topological polar surface area (TPSA) is 84.6 Å². The van der Waals surface area contributed by atoms with Crippen molar-refractivity contribution >= 4 is 21.9 Å². The Morgan fingerprint density at radius 3 is 2.52 bits per heavy atom. The van der Waals surface area contributed by atoms with E-state index in [0.29, 0.717) is 24.9 Å². The molecular weight excluding hydrogens is 436 g/mol. The summed E-state index contributed by atoms with van der Waals surface area (Å²) in [6.45, 7) is 1.36. The molecule has 0 aliphatic heterocycles. The van der Waals surface area contributed by atoms with Gasteiger partial charge in [0.25, 0.3) is 0 Å². The number of halogens is 1. The van der Waals surface area contributed by atoms with Crippen LogP contribution in [-0.2, 0) is 22.5 Å². The van der Waals surface area contributed by atoms with Gasteiger partial charge in [-0.1, -0.05) is 30.3 Å². The van der Waals surface area contributed by atoms with Crippen molar-refractivity contribution in [1.82, 2.24) is 9.78 Å². The van der Waals surface area contributed by atoms with Gasteiger partial charge in [-0.2, -0.15) is 5.10 Å². The third-order valence-electron chi connectivity index (χ3n) is 5.59. The first-order valence-corrected chi connectivity index (χ1v) is 11.1. The van der Waals surface area contributed by atoms with Gasteiger partial charge in [0.2, 0.25) is 0 Å². The maximum absolute atomic E-state index is 10.6. The lowest BCUT2D eigenvalue weighted by Gasteiger charge is -2.28. The molecule has 1 aliphatic carbocycles. The lowest BCUT2D eigenvalue weighted by Crippen LogP contribution is -2.24. The Balaban J connectivity index is 1.65. The normalized spacial score (nSPS) is 19.4. The smallest absolute Gasteiger partial charge is 0.329 e. The number of hydrogen-bond donors (Lipinski definition) is 2. The van der Waals surface area contributed by atoms with Crippen LogP contribution in [0, 0.1) is 11.8 Å². The minimum Gasteiger partial charge on any atom is -0.480 e. The molecule has 0 amide bonds. The number of aliphatic carboxylic acids is 1. The molecular formula is C22H29BrN2O4. The lowest BCUT2D eigenvalue weighted by molar-refractivity contribution is -0.142. The summed E-state index contributed by atoms with van der Waals surface area (Å²) in [4.78, 5) is 10.6. The summed E-state index contributed by atoms with van der Waals surface area (Å²) in [5.74, 6) is 0.0882. The van der Waals surface area contributed by atoms with Crippen molar-refractivity contribution in [1.29, 1.82) is 0 Å². The van der Waals surface area contributed by atoms with E-state index in [0.717, 1.165) is 60.1 Å². The first-order valence-electron chi connectivity index (χ1n) is 10.3. The zero-order valence-corrected chi connectivity index (χ0v) is 18.2. The van der Waals surface area contributed by atoms with E-state index in [9.17, 15) is 9.90 Å². The second-order valence-electron chi connectivity index (χ2n) is 7.78. The fourth-order valence-electron chi connectivity index (χ4n) is 4.03. The van der Waals surface area contributed by atoms with E-state index in [4.69, 9.17) is 14.9 Å². The molecule has 7 heteroatoms. The molecule has 0 radical (unpaired) electrons. The van der Waals surface area contributed by atoms with Crippen molar-refractivity contribution in [3.8, 4) is 11.3 Å². The summed E-state index contributed by atoms with van der Waals surface area (Å²) >= 11 is 3.75. The number of carbonyl (C=O) groups is 1. The minimum absolute atomic E-state index is 0.166. The van der Waals surface area contributed by atoms with Crippen molar-refractivity contribution < 1.29 is 19.7 Å². The molecule has 1 fully saturated rings. The van der Waals surface area contributed by atoms with Crippen LogP contribution in [0.4, 0.5) is 0 Å². The largest absolute Gasteiger partial charge is 0.480 e. The molecule has 158 valence electrons. The number of aliphatic hydroxyl groups excluding tert-OH is 1. The van der Waals surface area contributed by atoms with Gasteiger partial charge in [0.05, 0.1) is 16.8 Å². The first kappa shape index (κ1) is 22.0. The Labute approximate surface area is 180 Å². The van der Waals surface area contributed by atoms with Crippen molar-refractivity contribution in [3.05, 3.63) is 40.5 Å². The highest BCUT2D eigenvalue weighted by atomic mass is 79.9. The zero-order valence-electron chi connectivity index (χ0n) is 16.6. The van der Waals surface area contributed by atoms with E-state index < -0.39 is 5.97 Å². The minimum atomic E-state index is -0.910. The Bertz CT molecular complexity index is 786. The van der Waals surface area contributed by atoms with Gasteiger partial charge in [0.15, 0.2) is 0 Å². The van der Waals surface area contributed by atoms with Gasteiger partial charge in [0.1, 0.15) is 12.3 Å². The second-order valence-corrected chi connectivity index (χ2v) is 8.57. The third-order valence-corrected chi connectivity index (χ3v) is 6.42. The van der Waals surface area contributed by atoms with Crippen LogP contribution in [0.25, 0.3) is 11.3 Å². The fourth-order valence-corrected chi connectivity index (χ4v) is 4.74. The van der Waals surface area contributed by atoms with E-state index in [1.54, 1.807) is 0 Å². The summed E-state index contributed by atoms with van der Waals surface area (Å²) in [5, 5.41) is 22.9. The van der Waals surface area contributed by atoms with Crippen LogP contribution >= 0.6 is 15.9 Å². The summed E-state index contributed by atoms with van der Waals surface area (Å²) in [7, 11) is 0. The molecule has 6 nitrogen and oxygen atoms in total. The van der Waals surface area contributed by atoms with E-state index >= 15 is 0 Å². The van der Waals surface area contributed by atoms with Crippen LogP contribution in [-0.4, -0.2) is 45.8 Å². The highest BCUT2D eigenvalue weighted by molar-refractivity contribution is 9.10. The zero-order chi connectivity index (χ0) is 20.6. The van der Waals surface area contributed by atoms with Crippen LogP contribution in [0.2, 0.25) is 0 Å². The standard InChI is InChI=1S/C22H29BrN2O4/c23-21-19(7-4-12-26)25(24-22(21)18-5-2-1-3-6-18)13-16-8-10-17(11-9-16)14-29-15-20(27)28/h1-3,5-6,16-17,26H,4,7-15H2,(H,27,28)/t16-,17-. The summed E-state index contributed by atoms with van der Waals surface area (Å²) in [6, 6.07) is 10.2. The average molecular weight is 465 g/mol. The van der Waals surface area contributed by atoms with Gasteiger partial charge in [0, 0.05) is 18.7 Å². The van der Waals surface area contributed by atoms with Gasteiger partial charge >= 0.3 is 5.97 Å². The molecule has 1 saturated carbocycles. The number of nitrogens with zero attached hydrogens (tertiary/aromatic N) is 2. The fraction of sp³-hybridized carbons (Fsp3) is 0.545. The van der Waals surface area contributed by atoms with Crippen LogP contribution in [0.15, 0.2) is 34.8 Å². The molecule has 1 aromatic carbocycles. The predicted molar refractivity (Wildman–Crippen MR) is 115 cm³/mol. The Hall–Kier alpha value is -1.70. The number of aliphatic hydroxyl groups is 1.